The highest BCUT2D eigenvalue weighted by atomic mass is 16.6. The first-order chi connectivity index (χ1) is 13.8. The van der Waals surface area contributed by atoms with E-state index >= 15 is 0 Å². The number of carbonyl (C=O) groups is 1. The molecule has 2 atom stereocenters. The van der Waals surface area contributed by atoms with E-state index < -0.39 is 28.0 Å². The Morgan fingerprint density at radius 1 is 1.00 bits per heavy atom. The Bertz CT molecular complexity index is 1020. The van der Waals surface area contributed by atoms with Crippen LogP contribution >= 0.6 is 0 Å². The Morgan fingerprint density at radius 3 is 2.10 bits per heavy atom. The van der Waals surface area contributed by atoms with Crippen LogP contribution in [0.25, 0.3) is 0 Å². The van der Waals surface area contributed by atoms with E-state index in [1.54, 1.807) is 25.1 Å². The summed E-state index contributed by atoms with van der Waals surface area (Å²) < 4.78 is 4.88. The van der Waals surface area contributed by atoms with Crippen molar-refractivity contribution in [2.45, 2.75) is 19.1 Å². The molecule has 0 fully saturated rings. The predicted octanol–water partition coefficient (Wildman–Crippen LogP) is 2.88. The second kappa shape index (κ2) is 8.07. The number of allylic oxidation sites excluding steroid dienone is 1. The van der Waals surface area contributed by atoms with E-state index in [1.807, 2.05) is 0 Å². The molecular weight excluding hydrogens is 380 g/mol. The van der Waals surface area contributed by atoms with E-state index in [-0.39, 0.29) is 16.9 Å². The van der Waals surface area contributed by atoms with Crippen molar-refractivity contribution in [2.75, 3.05) is 7.11 Å². The van der Waals surface area contributed by atoms with Gasteiger partial charge in [-0.1, -0.05) is 24.3 Å². The standard InChI is InChI=1S/C19H18N4O6/c1-11-16(19(24)29-2)17(12-5-3-7-14(9-12)22(25)26)21-18(20-11)13-6-4-8-15(10-13)23(27)28/h3-10,17-18,20-21H,1-2H3/t17-,18+/m0/s1. The van der Waals surface area contributed by atoms with E-state index in [1.165, 1.54) is 37.4 Å². The number of methoxy groups -OCH3 is 1. The summed E-state index contributed by atoms with van der Waals surface area (Å²) in [6.07, 6.45) is -0.562. The van der Waals surface area contributed by atoms with Gasteiger partial charge in [-0.05, 0) is 18.1 Å². The number of rotatable bonds is 5. The summed E-state index contributed by atoms with van der Waals surface area (Å²) >= 11 is 0. The van der Waals surface area contributed by atoms with E-state index in [2.05, 4.69) is 10.6 Å². The van der Waals surface area contributed by atoms with Gasteiger partial charge in [0.2, 0.25) is 0 Å². The van der Waals surface area contributed by atoms with Crippen LogP contribution in [0.15, 0.2) is 59.8 Å². The fraction of sp³-hybridized carbons (Fsp3) is 0.211. The second-order valence-corrected chi connectivity index (χ2v) is 6.41. The van der Waals surface area contributed by atoms with Gasteiger partial charge in [0.15, 0.2) is 0 Å². The molecule has 1 heterocycles. The first kappa shape index (κ1) is 20.0. The molecule has 2 N–H and O–H groups in total. The van der Waals surface area contributed by atoms with E-state index in [4.69, 9.17) is 4.74 Å². The Labute approximate surface area is 165 Å². The van der Waals surface area contributed by atoms with Crippen LogP contribution < -0.4 is 10.6 Å². The minimum Gasteiger partial charge on any atom is -0.466 e. The molecule has 0 aliphatic carbocycles. The number of benzene rings is 2. The van der Waals surface area contributed by atoms with Crippen LogP contribution in [-0.4, -0.2) is 22.9 Å². The number of ether oxygens (including phenoxy) is 1. The fourth-order valence-corrected chi connectivity index (χ4v) is 3.26. The third kappa shape index (κ3) is 4.06. The number of nitrogens with one attached hydrogen (secondary N) is 2. The summed E-state index contributed by atoms with van der Waals surface area (Å²) in [6, 6.07) is 11.3. The quantitative estimate of drug-likeness (QED) is 0.446. The molecular formula is C19H18N4O6. The average Bonchev–Trinajstić information content (AvgIpc) is 2.72. The van der Waals surface area contributed by atoms with Crippen molar-refractivity contribution in [3.8, 4) is 0 Å². The number of nitrogens with zero attached hydrogens (tertiary/aromatic N) is 2. The summed E-state index contributed by atoms with van der Waals surface area (Å²) in [5, 5.41) is 28.6. The van der Waals surface area contributed by atoms with Crippen LogP contribution in [0, 0.1) is 20.2 Å². The molecule has 0 radical (unpaired) electrons. The van der Waals surface area contributed by atoms with Gasteiger partial charge in [-0.15, -0.1) is 0 Å². The molecule has 2 aromatic carbocycles. The second-order valence-electron chi connectivity index (χ2n) is 6.41. The molecule has 10 heteroatoms. The Kier molecular flexibility index (Phi) is 5.55. The molecule has 0 saturated heterocycles. The molecule has 1 aliphatic rings. The highest BCUT2D eigenvalue weighted by Crippen LogP contribution is 2.34. The lowest BCUT2D eigenvalue weighted by molar-refractivity contribution is -0.385. The number of nitro benzene ring substituents is 2. The SMILES string of the molecule is COC(=O)C1=C(C)N[C@@H](c2cccc([N+](=O)[O-])c2)N[C@H]1c1cccc([N+](=O)[O-])c1. The van der Waals surface area contributed by atoms with Crippen LogP contribution in [0.5, 0.6) is 0 Å². The summed E-state index contributed by atoms with van der Waals surface area (Å²) in [6.45, 7) is 1.68. The Hall–Kier alpha value is -3.79. The van der Waals surface area contributed by atoms with Gasteiger partial charge in [0.05, 0.1) is 28.6 Å². The van der Waals surface area contributed by atoms with Gasteiger partial charge in [-0.2, -0.15) is 0 Å². The third-order valence-corrected chi connectivity index (χ3v) is 4.62. The molecule has 0 unspecified atom stereocenters. The molecule has 10 nitrogen and oxygen atoms in total. The number of carbonyl (C=O) groups excluding carboxylic acids is 1. The normalized spacial score (nSPS) is 18.7. The van der Waals surface area contributed by atoms with E-state index in [0.29, 0.717) is 16.8 Å². The highest BCUT2D eigenvalue weighted by molar-refractivity contribution is 5.91. The zero-order chi connectivity index (χ0) is 21.1. The summed E-state index contributed by atoms with van der Waals surface area (Å²) in [5.41, 5.74) is 1.67. The van der Waals surface area contributed by atoms with Gasteiger partial charge in [0.1, 0.15) is 6.17 Å². The summed E-state index contributed by atoms with van der Waals surface area (Å²) in [7, 11) is 1.25. The van der Waals surface area contributed by atoms with Crippen molar-refractivity contribution in [1.82, 2.24) is 10.6 Å². The van der Waals surface area contributed by atoms with Crippen molar-refractivity contribution >= 4 is 17.3 Å². The zero-order valence-corrected chi connectivity index (χ0v) is 15.6. The maximum absolute atomic E-state index is 12.4. The maximum Gasteiger partial charge on any atom is 0.337 e. The molecule has 29 heavy (non-hydrogen) atoms. The first-order valence-electron chi connectivity index (χ1n) is 8.62. The maximum atomic E-state index is 12.4. The van der Waals surface area contributed by atoms with Gasteiger partial charge in [-0.3, -0.25) is 25.5 Å². The summed E-state index contributed by atoms with van der Waals surface area (Å²) in [5.74, 6) is -0.587. The molecule has 2 aromatic rings. The van der Waals surface area contributed by atoms with Gasteiger partial charge in [0.25, 0.3) is 11.4 Å². The van der Waals surface area contributed by atoms with Crippen molar-refractivity contribution < 1.29 is 19.4 Å². The number of nitro groups is 2. The average molecular weight is 398 g/mol. The van der Waals surface area contributed by atoms with Gasteiger partial charge in [-0.25, -0.2) is 4.79 Å². The van der Waals surface area contributed by atoms with E-state index in [9.17, 15) is 25.0 Å². The Morgan fingerprint density at radius 2 is 1.55 bits per heavy atom. The topological polar surface area (TPSA) is 137 Å². The van der Waals surface area contributed by atoms with Crippen LogP contribution in [-0.2, 0) is 9.53 Å². The molecule has 0 bridgehead atoms. The van der Waals surface area contributed by atoms with Crippen LogP contribution in [0.3, 0.4) is 0 Å². The van der Waals surface area contributed by atoms with Gasteiger partial charge < -0.3 is 10.1 Å². The highest BCUT2D eigenvalue weighted by Gasteiger charge is 2.34. The zero-order valence-electron chi connectivity index (χ0n) is 15.6. The van der Waals surface area contributed by atoms with Crippen LogP contribution in [0.4, 0.5) is 11.4 Å². The Balaban J connectivity index is 2.07. The van der Waals surface area contributed by atoms with Crippen LogP contribution in [0.1, 0.15) is 30.3 Å². The van der Waals surface area contributed by atoms with Crippen molar-refractivity contribution in [2.24, 2.45) is 0 Å². The third-order valence-electron chi connectivity index (χ3n) is 4.62. The molecule has 3 rings (SSSR count). The molecule has 0 aromatic heterocycles. The minimum atomic E-state index is -0.715. The monoisotopic (exact) mass is 398 g/mol. The smallest absolute Gasteiger partial charge is 0.337 e. The van der Waals surface area contributed by atoms with Gasteiger partial charge in [0, 0.05) is 30.0 Å². The number of hydrogen-bond acceptors (Lipinski definition) is 8. The summed E-state index contributed by atoms with van der Waals surface area (Å²) in [4.78, 5) is 33.6. The molecule has 0 amide bonds. The lowest BCUT2D eigenvalue weighted by atomic mass is 9.93. The number of non-ortho nitro benzene ring substituents is 2. The first-order valence-corrected chi connectivity index (χ1v) is 8.62. The predicted molar refractivity (Wildman–Crippen MR) is 103 cm³/mol. The molecule has 1 aliphatic heterocycles. The molecule has 0 saturated carbocycles. The lowest BCUT2D eigenvalue weighted by Crippen LogP contribution is -2.44. The van der Waals surface area contributed by atoms with Crippen LogP contribution in [0.2, 0.25) is 0 Å². The van der Waals surface area contributed by atoms with E-state index in [0.717, 1.165) is 0 Å². The number of esters is 1. The van der Waals surface area contributed by atoms with Crippen molar-refractivity contribution in [3.05, 3.63) is 91.2 Å². The fourth-order valence-electron chi connectivity index (χ4n) is 3.26. The largest absolute Gasteiger partial charge is 0.466 e. The van der Waals surface area contributed by atoms with Gasteiger partial charge >= 0.3 is 5.97 Å². The minimum absolute atomic E-state index is 0.0709. The number of hydrogen-bond donors (Lipinski definition) is 2. The molecule has 150 valence electrons. The van der Waals surface area contributed by atoms with Crippen molar-refractivity contribution in [3.63, 3.8) is 0 Å². The molecule has 0 spiro atoms. The lowest BCUT2D eigenvalue weighted by Gasteiger charge is -2.35. The van der Waals surface area contributed by atoms with Crippen molar-refractivity contribution in [1.29, 1.82) is 0 Å².